The fourth-order valence-electron chi connectivity index (χ4n) is 1.19. The summed E-state index contributed by atoms with van der Waals surface area (Å²) in [6.45, 7) is 9.13. The molecule has 5 atom stereocenters. The van der Waals surface area contributed by atoms with Gasteiger partial charge < -0.3 is 0 Å². The predicted octanol–water partition coefficient (Wildman–Crippen LogP) is 3.32. The molecule has 0 aliphatic carbocycles. The molecule has 0 saturated heterocycles. The van der Waals surface area contributed by atoms with Crippen LogP contribution in [0.1, 0.15) is 40.5 Å². The van der Waals surface area contributed by atoms with E-state index in [1.54, 1.807) is 0 Å². The molecule has 0 radical (unpaired) electrons. The van der Waals surface area contributed by atoms with Gasteiger partial charge >= 0.3 is 0 Å². The van der Waals surface area contributed by atoms with E-state index < -0.39 is 0 Å². The second-order valence-electron chi connectivity index (χ2n) is 4.20. The summed E-state index contributed by atoms with van der Waals surface area (Å²) in [6, 6.07) is 0. The van der Waals surface area contributed by atoms with Gasteiger partial charge in [0.25, 0.3) is 0 Å². The second-order valence-corrected chi connectivity index (χ2v) is 7.50. The molecule has 0 N–H and O–H groups in total. The van der Waals surface area contributed by atoms with Crippen LogP contribution in [0, 0.1) is 0 Å². The zero-order chi connectivity index (χ0) is 9.99. The Morgan fingerprint density at radius 3 is 1.42 bits per heavy atom. The second kappa shape index (κ2) is 4.68. The molecular weight excluding hydrogens is 201 g/mol. The Labute approximate surface area is 84.6 Å². The fraction of sp³-hybridized carbons (Fsp3) is 1.00. The van der Waals surface area contributed by atoms with E-state index in [0.717, 1.165) is 0 Å². The lowest BCUT2D eigenvalue weighted by molar-refractivity contribution is 0.478. The summed E-state index contributed by atoms with van der Waals surface area (Å²) in [4.78, 5) is 0. The van der Waals surface area contributed by atoms with Gasteiger partial charge in [0.2, 0.25) is 0 Å². The van der Waals surface area contributed by atoms with E-state index in [9.17, 15) is 0 Å². The Bertz CT molecular complexity index is 125. The third-order valence-electron chi connectivity index (χ3n) is 2.94. The Hall–Kier alpha value is 1.29. The lowest BCUT2D eigenvalue weighted by atomic mass is 9.91. The summed E-state index contributed by atoms with van der Waals surface area (Å²) in [6.07, 6.45) is 2.41. The molecule has 5 unspecified atom stereocenters. The molecule has 0 bridgehead atoms. The lowest BCUT2D eigenvalue weighted by Crippen LogP contribution is -2.41. The first-order valence-corrected chi connectivity index (χ1v) is 6.43. The minimum absolute atomic E-state index is 0.344. The van der Waals surface area contributed by atoms with E-state index in [1.807, 2.05) is 0 Å². The van der Waals surface area contributed by atoms with Crippen LogP contribution in [0.3, 0.4) is 0 Å². The van der Waals surface area contributed by atoms with Crippen LogP contribution in [0.5, 0.6) is 0 Å². The Kier molecular flexibility index (Phi) is 5.19. The molecule has 0 rings (SSSR count). The average Bonchev–Trinajstić information content (AvgIpc) is 2.03. The Balaban J connectivity index is 4.47. The maximum atomic E-state index is 3.00. The van der Waals surface area contributed by atoms with Crippen LogP contribution in [0.15, 0.2) is 0 Å². The zero-order valence-electron chi connectivity index (χ0n) is 8.72. The minimum atomic E-state index is 0.344. The predicted molar refractivity (Wildman–Crippen MR) is 70.3 cm³/mol. The van der Waals surface area contributed by atoms with E-state index in [-0.39, 0.29) is 0 Å². The van der Waals surface area contributed by atoms with Crippen LogP contribution in [0.4, 0.5) is 0 Å². The van der Waals surface area contributed by atoms with Crippen molar-refractivity contribution < 1.29 is 0 Å². The van der Waals surface area contributed by atoms with Gasteiger partial charge in [-0.05, 0) is 28.8 Å². The van der Waals surface area contributed by atoms with Crippen molar-refractivity contribution in [1.29, 1.82) is 0 Å². The van der Waals surface area contributed by atoms with E-state index in [1.165, 1.54) is 12.8 Å². The van der Waals surface area contributed by atoms with Crippen LogP contribution in [0.25, 0.3) is 0 Å². The van der Waals surface area contributed by atoms with Crippen LogP contribution < -0.4 is 0 Å². The van der Waals surface area contributed by atoms with Gasteiger partial charge in [0.15, 0.2) is 0 Å². The van der Waals surface area contributed by atoms with Crippen molar-refractivity contribution in [2.75, 3.05) is 0 Å². The van der Waals surface area contributed by atoms with E-state index in [0.29, 0.717) is 16.0 Å². The maximum absolute atomic E-state index is 3.00. The van der Waals surface area contributed by atoms with Gasteiger partial charge in [-0.15, -0.1) is 27.7 Å². The first kappa shape index (κ1) is 13.3. The molecular formula is C9H23P3. The van der Waals surface area contributed by atoms with Crippen molar-refractivity contribution in [3.63, 3.8) is 0 Å². The molecule has 0 fully saturated rings. The van der Waals surface area contributed by atoms with Gasteiger partial charge in [-0.1, -0.05) is 27.7 Å². The molecule has 0 aromatic rings. The molecule has 12 heavy (non-hydrogen) atoms. The van der Waals surface area contributed by atoms with Crippen molar-refractivity contribution >= 4 is 27.7 Å². The average molecular weight is 224 g/mol. The molecule has 74 valence electrons. The van der Waals surface area contributed by atoms with Crippen molar-refractivity contribution in [1.82, 2.24) is 0 Å². The maximum Gasteiger partial charge on any atom is -0.00880 e. The van der Waals surface area contributed by atoms with Gasteiger partial charge in [-0.2, -0.15) is 0 Å². The molecule has 0 aliphatic rings. The minimum Gasteiger partial charge on any atom is -0.133 e. The molecule has 0 aromatic heterocycles. The SMILES string of the molecule is CCC(C)(P)C(P)C(C)(P)CC. The first-order valence-electron chi connectivity index (χ1n) is 4.61. The molecule has 3 heteroatoms. The summed E-state index contributed by atoms with van der Waals surface area (Å²) in [5, 5.41) is 0.689. The first-order chi connectivity index (χ1) is 5.28. The summed E-state index contributed by atoms with van der Waals surface area (Å²) in [5.41, 5.74) is 0.634. The molecule has 0 nitrogen and oxygen atoms in total. The zero-order valence-corrected chi connectivity index (χ0v) is 12.2. The standard InChI is InChI=1S/C9H23P3/c1-5-8(3,11)7(10)9(4,12)6-2/h7H,5-6,10-12H2,1-4H3. The molecule has 0 saturated carbocycles. The van der Waals surface area contributed by atoms with Gasteiger partial charge in [-0.3, -0.25) is 0 Å². The summed E-state index contributed by atoms with van der Waals surface area (Å²) < 4.78 is 0. The normalized spacial score (nSPS) is 24.2. The third kappa shape index (κ3) is 3.21. The van der Waals surface area contributed by atoms with Gasteiger partial charge in [-0.25, -0.2) is 0 Å². The van der Waals surface area contributed by atoms with Crippen molar-refractivity contribution in [2.45, 2.75) is 56.5 Å². The Morgan fingerprint density at radius 1 is 1.00 bits per heavy atom. The monoisotopic (exact) mass is 224 g/mol. The van der Waals surface area contributed by atoms with E-state index in [4.69, 9.17) is 0 Å². The third-order valence-corrected chi connectivity index (χ3v) is 6.77. The summed E-state index contributed by atoms with van der Waals surface area (Å²) >= 11 is 0. The molecule has 0 aliphatic heterocycles. The van der Waals surface area contributed by atoms with Crippen LogP contribution in [0.2, 0.25) is 0 Å². The largest absolute Gasteiger partial charge is 0.133 e. The topological polar surface area (TPSA) is 0 Å². The highest BCUT2D eigenvalue weighted by Gasteiger charge is 2.35. The van der Waals surface area contributed by atoms with Crippen LogP contribution >= 0.6 is 27.7 Å². The smallest absolute Gasteiger partial charge is 0.00880 e. The molecule has 0 aromatic carbocycles. The van der Waals surface area contributed by atoms with E-state index in [2.05, 4.69) is 55.4 Å². The van der Waals surface area contributed by atoms with Gasteiger partial charge in [0, 0.05) is 0 Å². The van der Waals surface area contributed by atoms with Crippen LogP contribution in [-0.4, -0.2) is 16.0 Å². The number of rotatable bonds is 4. The van der Waals surface area contributed by atoms with Crippen molar-refractivity contribution in [2.24, 2.45) is 0 Å². The van der Waals surface area contributed by atoms with Gasteiger partial charge in [0.1, 0.15) is 0 Å². The van der Waals surface area contributed by atoms with Crippen molar-refractivity contribution in [3.05, 3.63) is 0 Å². The van der Waals surface area contributed by atoms with Crippen molar-refractivity contribution in [3.8, 4) is 0 Å². The summed E-state index contributed by atoms with van der Waals surface area (Å²) in [7, 11) is 8.98. The molecule has 0 amide bonds. The van der Waals surface area contributed by atoms with Crippen LogP contribution in [-0.2, 0) is 0 Å². The quantitative estimate of drug-likeness (QED) is 0.642. The highest BCUT2D eigenvalue weighted by atomic mass is 31.0. The lowest BCUT2D eigenvalue weighted by Gasteiger charge is -2.41. The fourth-order valence-corrected chi connectivity index (χ4v) is 2.62. The Morgan fingerprint density at radius 2 is 1.25 bits per heavy atom. The summed E-state index contributed by atoms with van der Waals surface area (Å²) in [5.74, 6) is 0. The highest BCUT2D eigenvalue weighted by molar-refractivity contribution is 7.27. The highest BCUT2D eigenvalue weighted by Crippen LogP contribution is 2.43. The molecule has 0 spiro atoms. The van der Waals surface area contributed by atoms with Gasteiger partial charge in [0.05, 0.1) is 0 Å². The number of hydrogen-bond acceptors (Lipinski definition) is 0. The van der Waals surface area contributed by atoms with E-state index >= 15 is 0 Å². The molecule has 0 heterocycles. The number of hydrogen-bond donors (Lipinski definition) is 0.